The lowest BCUT2D eigenvalue weighted by Crippen LogP contribution is -2.00. The van der Waals surface area contributed by atoms with Crippen LogP contribution in [0.4, 0.5) is 0 Å². The summed E-state index contributed by atoms with van der Waals surface area (Å²) in [6, 6.07) is 10.8. The third-order valence-electron chi connectivity index (χ3n) is 3.56. The number of hydrogen-bond donors (Lipinski definition) is 0. The fourth-order valence-corrected chi connectivity index (χ4v) is 4.20. The molecule has 1 aliphatic carbocycles. The van der Waals surface area contributed by atoms with Crippen LogP contribution in [0.3, 0.4) is 0 Å². The summed E-state index contributed by atoms with van der Waals surface area (Å²) in [5.74, 6) is 1.07. The van der Waals surface area contributed by atoms with Gasteiger partial charge in [-0.15, -0.1) is 11.8 Å². The first-order chi connectivity index (χ1) is 8.83. The van der Waals surface area contributed by atoms with Crippen LogP contribution in [-0.2, 0) is 6.42 Å². The standard InChI is InChI=1S/C15H10BrNS/c16-10-4-3-9-6-12-13(11(9)7-10)8-18-14-2-1-5-17-15(12)14/h1-5,7H,6,8H2. The molecule has 0 atom stereocenters. The Kier molecular flexibility index (Phi) is 2.39. The molecule has 0 radical (unpaired) electrons. The molecule has 0 N–H and O–H groups in total. The number of pyridine rings is 1. The second-order valence-electron chi connectivity index (χ2n) is 4.57. The quantitative estimate of drug-likeness (QED) is 0.714. The van der Waals surface area contributed by atoms with E-state index < -0.39 is 0 Å². The first-order valence-electron chi connectivity index (χ1n) is 5.92. The highest BCUT2D eigenvalue weighted by molar-refractivity contribution is 9.10. The number of halogens is 1. The zero-order valence-electron chi connectivity index (χ0n) is 9.61. The SMILES string of the molecule is Brc1ccc2c(c1)C1=C(C2)c2ncccc2SC1. The molecule has 4 rings (SSSR count). The van der Waals surface area contributed by atoms with E-state index in [-0.39, 0.29) is 0 Å². The summed E-state index contributed by atoms with van der Waals surface area (Å²) in [5.41, 5.74) is 6.93. The van der Waals surface area contributed by atoms with Crippen molar-refractivity contribution in [2.45, 2.75) is 11.3 Å². The van der Waals surface area contributed by atoms with Crippen LogP contribution in [0.15, 0.2) is 45.9 Å². The number of hydrogen-bond acceptors (Lipinski definition) is 2. The molecular weight excluding hydrogens is 306 g/mol. The van der Waals surface area contributed by atoms with Gasteiger partial charge in [0.15, 0.2) is 0 Å². The number of aromatic nitrogens is 1. The summed E-state index contributed by atoms with van der Waals surface area (Å²) in [6.07, 6.45) is 2.93. The number of thioether (sulfide) groups is 1. The normalized spacial score (nSPS) is 16.3. The van der Waals surface area contributed by atoms with Crippen LogP contribution in [0.1, 0.15) is 16.8 Å². The van der Waals surface area contributed by atoms with E-state index in [1.807, 2.05) is 24.0 Å². The summed E-state index contributed by atoms with van der Waals surface area (Å²) in [6.45, 7) is 0. The lowest BCUT2D eigenvalue weighted by Gasteiger charge is -2.17. The van der Waals surface area contributed by atoms with Crippen molar-refractivity contribution in [3.05, 3.63) is 57.8 Å². The van der Waals surface area contributed by atoms with Gasteiger partial charge < -0.3 is 0 Å². The minimum absolute atomic E-state index is 1.03. The van der Waals surface area contributed by atoms with Crippen LogP contribution < -0.4 is 0 Å². The predicted molar refractivity (Wildman–Crippen MR) is 79.6 cm³/mol. The van der Waals surface area contributed by atoms with Crippen molar-refractivity contribution in [1.82, 2.24) is 4.98 Å². The molecule has 1 aromatic heterocycles. The Morgan fingerprint density at radius 3 is 3.06 bits per heavy atom. The second kappa shape index (κ2) is 3.97. The number of benzene rings is 1. The minimum atomic E-state index is 1.03. The van der Waals surface area contributed by atoms with Crippen LogP contribution in [-0.4, -0.2) is 10.7 Å². The molecule has 0 spiro atoms. The van der Waals surface area contributed by atoms with Crippen molar-refractivity contribution in [1.29, 1.82) is 0 Å². The van der Waals surface area contributed by atoms with Crippen molar-refractivity contribution in [3.63, 3.8) is 0 Å². The van der Waals surface area contributed by atoms with E-state index in [1.165, 1.54) is 32.9 Å². The van der Waals surface area contributed by atoms with Crippen LogP contribution in [0.5, 0.6) is 0 Å². The van der Waals surface area contributed by atoms with Crippen LogP contribution in [0, 0.1) is 0 Å². The lowest BCUT2D eigenvalue weighted by molar-refractivity contribution is 1.15. The third-order valence-corrected chi connectivity index (χ3v) is 5.12. The van der Waals surface area contributed by atoms with E-state index >= 15 is 0 Å². The highest BCUT2D eigenvalue weighted by Gasteiger charge is 2.28. The molecule has 2 aromatic rings. The van der Waals surface area contributed by atoms with Crippen molar-refractivity contribution >= 4 is 38.8 Å². The molecule has 1 nitrogen and oxygen atoms in total. The van der Waals surface area contributed by atoms with Crippen molar-refractivity contribution < 1.29 is 0 Å². The number of allylic oxidation sites excluding steroid dienone is 1. The zero-order valence-corrected chi connectivity index (χ0v) is 12.0. The summed E-state index contributed by atoms with van der Waals surface area (Å²) in [5, 5.41) is 0. The number of fused-ring (bicyclic) bond motifs is 4. The summed E-state index contributed by atoms with van der Waals surface area (Å²) < 4.78 is 1.16. The highest BCUT2D eigenvalue weighted by Crippen LogP contribution is 2.47. The summed E-state index contributed by atoms with van der Waals surface area (Å²) in [7, 11) is 0. The van der Waals surface area contributed by atoms with Gasteiger partial charge >= 0.3 is 0 Å². The maximum absolute atomic E-state index is 4.58. The largest absolute Gasteiger partial charge is 0.255 e. The van der Waals surface area contributed by atoms with Gasteiger partial charge in [-0.2, -0.15) is 0 Å². The molecule has 0 unspecified atom stereocenters. The van der Waals surface area contributed by atoms with E-state index in [9.17, 15) is 0 Å². The van der Waals surface area contributed by atoms with Gasteiger partial charge in [0.1, 0.15) is 0 Å². The maximum atomic E-state index is 4.58. The third kappa shape index (κ3) is 1.50. The Hall–Kier alpha value is -1.06. The smallest absolute Gasteiger partial charge is 0.0804 e. The van der Waals surface area contributed by atoms with E-state index in [1.54, 1.807) is 0 Å². The topological polar surface area (TPSA) is 12.9 Å². The molecule has 0 amide bonds. The molecule has 0 fully saturated rings. The van der Waals surface area contributed by atoms with Gasteiger partial charge in [0.2, 0.25) is 0 Å². The zero-order chi connectivity index (χ0) is 12.1. The average Bonchev–Trinajstić information content (AvgIpc) is 2.77. The number of rotatable bonds is 0. The molecule has 0 bridgehead atoms. The lowest BCUT2D eigenvalue weighted by atomic mass is 10.1. The van der Waals surface area contributed by atoms with Gasteiger partial charge in [-0.1, -0.05) is 22.0 Å². The molecule has 18 heavy (non-hydrogen) atoms. The van der Waals surface area contributed by atoms with E-state index in [4.69, 9.17) is 0 Å². The van der Waals surface area contributed by atoms with Gasteiger partial charge in [0.05, 0.1) is 5.69 Å². The van der Waals surface area contributed by atoms with E-state index in [0.29, 0.717) is 0 Å². The Morgan fingerprint density at radius 1 is 1.17 bits per heavy atom. The fourth-order valence-electron chi connectivity index (χ4n) is 2.72. The first kappa shape index (κ1) is 10.8. The Bertz CT molecular complexity index is 691. The highest BCUT2D eigenvalue weighted by atomic mass is 79.9. The van der Waals surface area contributed by atoms with Crippen molar-refractivity contribution in [3.8, 4) is 0 Å². The molecule has 3 heteroatoms. The maximum Gasteiger partial charge on any atom is 0.0804 e. The van der Waals surface area contributed by atoms with Gasteiger partial charge in [0, 0.05) is 27.7 Å². The molecule has 2 aliphatic rings. The summed E-state index contributed by atoms with van der Waals surface area (Å²) in [4.78, 5) is 5.90. The minimum Gasteiger partial charge on any atom is -0.255 e. The molecule has 1 aliphatic heterocycles. The fraction of sp³-hybridized carbons (Fsp3) is 0.133. The first-order valence-corrected chi connectivity index (χ1v) is 7.70. The monoisotopic (exact) mass is 315 g/mol. The van der Waals surface area contributed by atoms with Crippen LogP contribution in [0.2, 0.25) is 0 Å². The Labute approximate surface area is 118 Å². The van der Waals surface area contributed by atoms with Gasteiger partial charge in [-0.05, 0) is 46.5 Å². The second-order valence-corrected chi connectivity index (χ2v) is 6.51. The van der Waals surface area contributed by atoms with Gasteiger partial charge in [-0.3, -0.25) is 4.98 Å². The van der Waals surface area contributed by atoms with Gasteiger partial charge in [0.25, 0.3) is 0 Å². The Balaban J connectivity index is 1.94. The average molecular weight is 316 g/mol. The van der Waals surface area contributed by atoms with Crippen molar-refractivity contribution in [2.24, 2.45) is 0 Å². The number of nitrogens with zero attached hydrogens (tertiary/aromatic N) is 1. The van der Waals surface area contributed by atoms with E-state index in [0.717, 1.165) is 16.6 Å². The van der Waals surface area contributed by atoms with E-state index in [2.05, 4.69) is 45.2 Å². The van der Waals surface area contributed by atoms with Gasteiger partial charge in [-0.25, -0.2) is 0 Å². The van der Waals surface area contributed by atoms with Crippen LogP contribution in [0.25, 0.3) is 11.1 Å². The predicted octanol–water partition coefficient (Wildman–Crippen LogP) is 4.42. The molecule has 88 valence electrons. The molecule has 0 saturated carbocycles. The van der Waals surface area contributed by atoms with Crippen LogP contribution >= 0.6 is 27.7 Å². The van der Waals surface area contributed by atoms with Crippen molar-refractivity contribution in [2.75, 3.05) is 5.75 Å². The summed E-state index contributed by atoms with van der Waals surface area (Å²) >= 11 is 5.47. The molecular formula is C15H10BrNS. The molecule has 2 heterocycles. The molecule has 0 saturated heterocycles. The Morgan fingerprint density at radius 2 is 2.11 bits per heavy atom. The molecule has 1 aromatic carbocycles.